The third-order valence-corrected chi connectivity index (χ3v) is 4.07. The van der Waals surface area contributed by atoms with Gasteiger partial charge in [0.15, 0.2) is 5.78 Å². The van der Waals surface area contributed by atoms with Crippen molar-refractivity contribution in [1.29, 1.82) is 0 Å². The highest BCUT2D eigenvalue weighted by Gasteiger charge is 2.17. The summed E-state index contributed by atoms with van der Waals surface area (Å²) in [6, 6.07) is 16.2. The Morgan fingerprint density at radius 1 is 1.14 bits per heavy atom. The Bertz CT molecular complexity index is 832. The van der Waals surface area contributed by atoms with Crippen LogP contribution in [0.1, 0.15) is 28.5 Å². The van der Waals surface area contributed by atoms with Gasteiger partial charge in [-0.2, -0.15) is 0 Å². The summed E-state index contributed by atoms with van der Waals surface area (Å²) < 4.78 is 7.50. The maximum atomic E-state index is 12.1. The molecule has 0 saturated heterocycles. The van der Waals surface area contributed by atoms with E-state index in [1.54, 1.807) is 14.0 Å². The summed E-state index contributed by atoms with van der Waals surface area (Å²) in [6.45, 7) is 4.38. The normalized spacial score (nSPS) is 10.9. The first-order chi connectivity index (χ1) is 10.6. The summed E-state index contributed by atoms with van der Waals surface area (Å²) in [7, 11) is 1.64. The number of ether oxygens (including phenoxy) is 1. The van der Waals surface area contributed by atoms with Crippen LogP contribution in [0.4, 0.5) is 0 Å². The Morgan fingerprint density at radius 2 is 1.86 bits per heavy atom. The van der Waals surface area contributed by atoms with Gasteiger partial charge in [-0.1, -0.05) is 30.3 Å². The second-order valence-corrected chi connectivity index (χ2v) is 5.47. The Morgan fingerprint density at radius 3 is 2.50 bits per heavy atom. The van der Waals surface area contributed by atoms with Crippen LogP contribution >= 0.6 is 0 Å². The first-order valence-electron chi connectivity index (χ1n) is 7.33. The second kappa shape index (κ2) is 5.68. The smallest absolute Gasteiger partial charge is 0.162 e. The van der Waals surface area contributed by atoms with Gasteiger partial charge in [0.25, 0.3) is 0 Å². The SMILES string of the molecule is COc1ccc2c(c1)c(C(C)=O)c(C)n2Cc1ccccc1. The number of benzene rings is 2. The lowest BCUT2D eigenvalue weighted by Crippen LogP contribution is -2.03. The van der Waals surface area contributed by atoms with Crippen molar-refractivity contribution in [2.45, 2.75) is 20.4 Å². The third-order valence-electron chi connectivity index (χ3n) is 4.07. The van der Waals surface area contributed by atoms with Crippen molar-refractivity contribution in [2.75, 3.05) is 7.11 Å². The van der Waals surface area contributed by atoms with Crippen molar-refractivity contribution in [2.24, 2.45) is 0 Å². The molecule has 0 fully saturated rings. The van der Waals surface area contributed by atoms with E-state index in [9.17, 15) is 4.79 Å². The Balaban J connectivity index is 2.21. The molecule has 3 rings (SSSR count). The number of fused-ring (bicyclic) bond motifs is 1. The van der Waals surface area contributed by atoms with Crippen LogP contribution in [0.15, 0.2) is 48.5 Å². The van der Waals surface area contributed by atoms with Crippen molar-refractivity contribution in [3.05, 3.63) is 65.4 Å². The minimum atomic E-state index is 0.0857. The number of ketones is 1. The zero-order chi connectivity index (χ0) is 15.7. The average Bonchev–Trinajstić information content (AvgIpc) is 2.80. The Hall–Kier alpha value is -2.55. The van der Waals surface area contributed by atoms with Crippen molar-refractivity contribution < 1.29 is 9.53 Å². The van der Waals surface area contributed by atoms with Gasteiger partial charge in [-0.05, 0) is 37.6 Å². The molecular weight excluding hydrogens is 274 g/mol. The van der Waals surface area contributed by atoms with E-state index in [-0.39, 0.29) is 5.78 Å². The Kier molecular flexibility index (Phi) is 3.72. The molecule has 112 valence electrons. The zero-order valence-corrected chi connectivity index (χ0v) is 13.1. The summed E-state index contributed by atoms with van der Waals surface area (Å²) in [4.78, 5) is 12.1. The summed E-state index contributed by atoms with van der Waals surface area (Å²) in [5.74, 6) is 0.856. The molecule has 3 heteroatoms. The number of nitrogens with zero attached hydrogens (tertiary/aromatic N) is 1. The predicted octanol–water partition coefficient (Wildman–Crippen LogP) is 4.21. The molecule has 0 aliphatic carbocycles. The summed E-state index contributed by atoms with van der Waals surface area (Å²) in [6.07, 6.45) is 0. The molecular formula is C19H19NO2. The van der Waals surface area contributed by atoms with Crippen LogP contribution in [0.3, 0.4) is 0 Å². The minimum Gasteiger partial charge on any atom is -0.497 e. The second-order valence-electron chi connectivity index (χ2n) is 5.47. The van der Waals surface area contributed by atoms with Gasteiger partial charge >= 0.3 is 0 Å². The van der Waals surface area contributed by atoms with Gasteiger partial charge in [-0.15, -0.1) is 0 Å². The van der Waals surface area contributed by atoms with Gasteiger partial charge in [0.05, 0.1) is 7.11 Å². The zero-order valence-electron chi connectivity index (χ0n) is 13.1. The molecule has 0 amide bonds. The highest BCUT2D eigenvalue weighted by Crippen LogP contribution is 2.30. The van der Waals surface area contributed by atoms with Gasteiger partial charge < -0.3 is 9.30 Å². The van der Waals surface area contributed by atoms with Crippen LogP contribution in [0.2, 0.25) is 0 Å². The van der Waals surface area contributed by atoms with Crippen LogP contribution in [-0.4, -0.2) is 17.5 Å². The number of Topliss-reactive ketones (excluding diaryl/α,β-unsaturated/α-hetero) is 1. The van der Waals surface area contributed by atoms with Crippen molar-refractivity contribution in [3.63, 3.8) is 0 Å². The van der Waals surface area contributed by atoms with Gasteiger partial charge in [0.2, 0.25) is 0 Å². The lowest BCUT2D eigenvalue weighted by atomic mass is 10.1. The monoisotopic (exact) mass is 293 g/mol. The van der Waals surface area contributed by atoms with E-state index in [0.717, 1.165) is 34.5 Å². The third kappa shape index (κ3) is 2.39. The van der Waals surface area contributed by atoms with Crippen molar-refractivity contribution in [3.8, 4) is 5.75 Å². The molecule has 0 spiro atoms. The molecule has 0 N–H and O–H groups in total. The van der Waals surface area contributed by atoms with E-state index in [1.165, 1.54) is 5.56 Å². The molecule has 1 aromatic heterocycles. The summed E-state index contributed by atoms with van der Waals surface area (Å²) >= 11 is 0. The molecule has 2 aromatic carbocycles. The van der Waals surface area contributed by atoms with E-state index in [2.05, 4.69) is 16.7 Å². The first kappa shape index (κ1) is 14.4. The number of methoxy groups -OCH3 is 1. The number of aromatic nitrogens is 1. The lowest BCUT2D eigenvalue weighted by Gasteiger charge is -2.09. The van der Waals surface area contributed by atoms with E-state index >= 15 is 0 Å². The number of hydrogen-bond acceptors (Lipinski definition) is 2. The average molecular weight is 293 g/mol. The first-order valence-corrected chi connectivity index (χ1v) is 7.33. The van der Waals surface area contributed by atoms with Crippen LogP contribution < -0.4 is 4.74 Å². The standard InChI is InChI=1S/C19H19NO2/c1-13-19(14(2)21)17-11-16(22-3)9-10-18(17)20(13)12-15-7-5-4-6-8-15/h4-11H,12H2,1-3H3. The van der Waals surface area contributed by atoms with Crippen LogP contribution in [0.25, 0.3) is 10.9 Å². The maximum absolute atomic E-state index is 12.1. The van der Waals surface area contributed by atoms with Gasteiger partial charge in [0.1, 0.15) is 5.75 Å². The molecule has 22 heavy (non-hydrogen) atoms. The van der Waals surface area contributed by atoms with Gasteiger partial charge in [-0.25, -0.2) is 0 Å². The van der Waals surface area contributed by atoms with Crippen molar-refractivity contribution >= 4 is 16.7 Å². The minimum absolute atomic E-state index is 0.0857. The maximum Gasteiger partial charge on any atom is 0.162 e. The molecule has 0 bridgehead atoms. The molecule has 0 aliphatic rings. The van der Waals surface area contributed by atoms with E-state index in [0.29, 0.717) is 0 Å². The van der Waals surface area contributed by atoms with Crippen LogP contribution in [-0.2, 0) is 6.54 Å². The van der Waals surface area contributed by atoms with Gasteiger partial charge in [-0.3, -0.25) is 4.79 Å². The molecule has 0 aliphatic heterocycles. The fourth-order valence-corrected chi connectivity index (χ4v) is 3.00. The topological polar surface area (TPSA) is 31.2 Å². The highest BCUT2D eigenvalue weighted by molar-refractivity contribution is 6.08. The fraction of sp³-hybridized carbons (Fsp3) is 0.211. The predicted molar refractivity (Wildman–Crippen MR) is 88.8 cm³/mol. The number of hydrogen-bond donors (Lipinski definition) is 0. The van der Waals surface area contributed by atoms with Gasteiger partial charge in [0, 0.05) is 28.7 Å². The molecule has 0 atom stereocenters. The number of carbonyl (C=O) groups is 1. The number of carbonyl (C=O) groups excluding carboxylic acids is 1. The highest BCUT2D eigenvalue weighted by atomic mass is 16.5. The number of rotatable bonds is 4. The van der Waals surface area contributed by atoms with E-state index < -0.39 is 0 Å². The summed E-state index contributed by atoms with van der Waals surface area (Å²) in [5.41, 5.74) is 4.06. The molecule has 0 radical (unpaired) electrons. The van der Waals surface area contributed by atoms with Crippen LogP contribution in [0, 0.1) is 6.92 Å². The quantitative estimate of drug-likeness (QED) is 0.675. The largest absolute Gasteiger partial charge is 0.497 e. The van der Waals surface area contributed by atoms with E-state index in [4.69, 9.17) is 4.74 Å². The van der Waals surface area contributed by atoms with Crippen LogP contribution in [0.5, 0.6) is 5.75 Å². The van der Waals surface area contributed by atoms with Crippen molar-refractivity contribution in [1.82, 2.24) is 4.57 Å². The molecule has 0 saturated carbocycles. The Labute approximate surface area is 130 Å². The van der Waals surface area contributed by atoms with E-state index in [1.807, 2.05) is 43.3 Å². The summed E-state index contributed by atoms with van der Waals surface area (Å²) in [5, 5.41) is 0.959. The fourth-order valence-electron chi connectivity index (χ4n) is 3.00. The molecule has 0 unspecified atom stereocenters. The molecule has 1 heterocycles. The molecule has 3 nitrogen and oxygen atoms in total. The molecule has 3 aromatic rings. The lowest BCUT2D eigenvalue weighted by molar-refractivity contribution is 0.101.